The molecular formula is C20H27NO2. The Morgan fingerprint density at radius 3 is 2.22 bits per heavy atom. The molecule has 0 saturated heterocycles. The van der Waals surface area contributed by atoms with Gasteiger partial charge in [0.15, 0.2) is 0 Å². The zero-order valence-corrected chi connectivity index (χ0v) is 13.9. The predicted molar refractivity (Wildman–Crippen MR) is 90.2 cm³/mol. The van der Waals surface area contributed by atoms with E-state index in [4.69, 9.17) is 4.74 Å². The van der Waals surface area contributed by atoms with Crippen LogP contribution < -0.4 is 4.74 Å². The fourth-order valence-electron chi connectivity index (χ4n) is 3.42. The van der Waals surface area contributed by atoms with Gasteiger partial charge in [-0.3, -0.25) is 4.79 Å². The zero-order valence-electron chi connectivity index (χ0n) is 13.9. The molecule has 0 atom stereocenters. The van der Waals surface area contributed by atoms with Crippen LogP contribution in [0.1, 0.15) is 56.9 Å². The van der Waals surface area contributed by atoms with Gasteiger partial charge in [0, 0.05) is 18.5 Å². The minimum Gasteiger partial charge on any atom is -0.493 e. The lowest BCUT2D eigenvalue weighted by Crippen LogP contribution is -2.39. The van der Waals surface area contributed by atoms with E-state index in [1.165, 1.54) is 44.1 Å². The van der Waals surface area contributed by atoms with Crippen molar-refractivity contribution in [1.29, 1.82) is 0 Å². The third-order valence-corrected chi connectivity index (χ3v) is 5.71. The molecule has 3 heteroatoms. The summed E-state index contributed by atoms with van der Waals surface area (Å²) >= 11 is 0. The number of ether oxygens (including phenoxy) is 1. The summed E-state index contributed by atoms with van der Waals surface area (Å²) < 4.78 is 5.86. The van der Waals surface area contributed by atoms with Gasteiger partial charge in [0.05, 0.1) is 6.61 Å². The molecule has 0 heterocycles. The van der Waals surface area contributed by atoms with Gasteiger partial charge in [-0.15, -0.1) is 0 Å². The van der Waals surface area contributed by atoms with Crippen LogP contribution in [0.3, 0.4) is 0 Å². The van der Waals surface area contributed by atoms with Crippen molar-refractivity contribution in [2.45, 2.75) is 64.0 Å². The van der Waals surface area contributed by atoms with Crippen LogP contribution in [0.25, 0.3) is 0 Å². The fourth-order valence-corrected chi connectivity index (χ4v) is 3.42. The van der Waals surface area contributed by atoms with E-state index in [0.717, 1.165) is 37.7 Å². The highest BCUT2D eigenvalue weighted by molar-refractivity contribution is 5.80. The van der Waals surface area contributed by atoms with Gasteiger partial charge >= 0.3 is 0 Å². The highest BCUT2D eigenvalue weighted by Crippen LogP contribution is 2.35. The Labute approximate surface area is 139 Å². The van der Waals surface area contributed by atoms with Crippen molar-refractivity contribution in [1.82, 2.24) is 4.90 Å². The SMILES string of the molecule is O=C(C1CCC1)N(Cc1ccc(OCC2CCC2)cc1)C1CC1. The molecular weight excluding hydrogens is 286 g/mol. The molecule has 3 aliphatic carbocycles. The average molecular weight is 313 g/mol. The number of hydrogen-bond donors (Lipinski definition) is 0. The van der Waals surface area contributed by atoms with Crippen LogP contribution in [-0.2, 0) is 11.3 Å². The smallest absolute Gasteiger partial charge is 0.226 e. The molecule has 1 aromatic rings. The molecule has 4 rings (SSSR count). The van der Waals surface area contributed by atoms with E-state index in [9.17, 15) is 4.79 Å². The van der Waals surface area contributed by atoms with Crippen molar-refractivity contribution in [2.75, 3.05) is 6.61 Å². The van der Waals surface area contributed by atoms with Gasteiger partial charge < -0.3 is 9.64 Å². The molecule has 0 radical (unpaired) electrons. The van der Waals surface area contributed by atoms with Gasteiger partial charge in [0.25, 0.3) is 0 Å². The van der Waals surface area contributed by atoms with E-state index in [1.807, 2.05) is 0 Å². The molecule has 1 amide bonds. The molecule has 0 spiro atoms. The van der Waals surface area contributed by atoms with E-state index >= 15 is 0 Å². The Bertz CT molecular complexity index is 541. The summed E-state index contributed by atoms with van der Waals surface area (Å²) in [5, 5.41) is 0. The Balaban J connectivity index is 1.33. The molecule has 3 saturated carbocycles. The summed E-state index contributed by atoms with van der Waals surface area (Å²) in [4.78, 5) is 14.7. The minimum absolute atomic E-state index is 0.306. The van der Waals surface area contributed by atoms with E-state index in [2.05, 4.69) is 29.2 Å². The third kappa shape index (κ3) is 3.54. The van der Waals surface area contributed by atoms with Crippen molar-refractivity contribution >= 4 is 5.91 Å². The molecule has 0 bridgehead atoms. The maximum absolute atomic E-state index is 12.6. The number of benzene rings is 1. The Kier molecular flexibility index (Phi) is 4.28. The largest absolute Gasteiger partial charge is 0.493 e. The number of carbonyl (C=O) groups is 1. The Morgan fingerprint density at radius 1 is 1.00 bits per heavy atom. The first-order chi connectivity index (χ1) is 11.3. The van der Waals surface area contributed by atoms with Gasteiger partial charge in [-0.05, 0) is 62.1 Å². The summed E-state index contributed by atoms with van der Waals surface area (Å²) in [6, 6.07) is 8.87. The van der Waals surface area contributed by atoms with Crippen molar-refractivity contribution in [2.24, 2.45) is 11.8 Å². The molecule has 1 aromatic carbocycles. The van der Waals surface area contributed by atoms with E-state index in [1.54, 1.807) is 0 Å². The molecule has 3 fully saturated rings. The minimum atomic E-state index is 0.306. The molecule has 3 nitrogen and oxygen atoms in total. The second-order valence-electron chi connectivity index (χ2n) is 7.58. The lowest BCUT2D eigenvalue weighted by Gasteiger charge is -2.32. The summed E-state index contributed by atoms with van der Waals surface area (Å²) in [6.07, 6.45) is 9.77. The van der Waals surface area contributed by atoms with Crippen LogP contribution in [0, 0.1) is 11.8 Å². The first-order valence-electron chi connectivity index (χ1n) is 9.32. The maximum atomic E-state index is 12.6. The van der Waals surface area contributed by atoms with E-state index in [-0.39, 0.29) is 0 Å². The number of amides is 1. The summed E-state index contributed by atoms with van der Waals surface area (Å²) in [5.41, 5.74) is 1.22. The van der Waals surface area contributed by atoms with Crippen molar-refractivity contribution < 1.29 is 9.53 Å². The van der Waals surface area contributed by atoms with Crippen LogP contribution >= 0.6 is 0 Å². The van der Waals surface area contributed by atoms with Crippen LogP contribution in [-0.4, -0.2) is 23.5 Å². The monoisotopic (exact) mass is 313 g/mol. The maximum Gasteiger partial charge on any atom is 0.226 e. The third-order valence-electron chi connectivity index (χ3n) is 5.71. The summed E-state index contributed by atoms with van der Waals surface area (Å²) in [7, 11) is 0. The van der Waals surface area contributed by atoms with E-state index < -0.39 is 0 Å². The topological polar surface area (TPSA) is 29.5 Å². The Hall–Kier alpha value is -1.51. The summed E-state index contributed by atoms with van der Waals surface area (Å²) in [5.74, 6) is 2.42. The molecule has 124 valence electrons. The molecule has 0 N–H and O–H groups in total. The first-order valence-corrected chi connectivity index (χ1v) is 9.32. The van der Waals surface area contributed by atoms with Gasteiger partial charge in [-0.1, -0.05) is 25.0 Å². The fraction of sp³-hybridized carbons (Fsp3) is 0.650. The number of rotatable bonds is 7. The molecule has 3 aliphatic rings. The normalized spacial score (nSPS) is 21.4. The molecule has 0 aromatic heterocycles. The lowest BCUT2D eigenvalue weighted by atomic mass is 9.84. The van der Waals surface area contributed by atoms with Gasteiger partial charge in [0.2, 0.25) is 5.91 Å². The lowest BCUT2D eigenvalue weighted by molar-refractivity contribution is -0.139. The number of nitrogens with zero attached hydrogens (tertiary/aromatic N) is 1. The first kappa shape index (κ1) is 15.0. The second kappa shape index (κ2) is 6.54. The predicted octanol–water partition coefficient (Wildman–Crippen LogP) is 4.16. The van der Waals surface area contributed by atoms with Crippen LogP contribution in [0.4, 0.5) is 0 Å². The average Bonchev–Trinajstić information content (AvgIpc) is 3.27. The van der Waals surface area contributed by atoms with Crippen molar-refractivity contribution in [3.05, 3.63) is 29.8 Å². The number of carbonyl (C=O) groups excluding carboxylic acids is 1. The van der Waals surface area contributed by atoms with Crippen molar-refractivity contribution in [3.63, 3.8) is 0 Å². The van der Waals surface area contributed by atoms with Crippen LogP contribution in [0.15, 0.2) is 24.3 Å². The Morgan fingerprint density at radius 2 is 1.70 bits per heavy atom. The van der Waals surface area contributed by atoms with E-state index in [0.29, 0.717) is 17.9 Å². The standard InChI is InChI=1S/C20H27NO2/c22-20(17-5-2-6-17)21(18-9-10-18)13-15-7-11-19(12-8-15)23-14-16-3-1-4-16/h7-8,11-12,16-18H,1-6,9-10,13-14H2. The second-order valence-corrected chi connectivity index (χ2v) is 7.58. The molecule has 0 unspecified atom stereocenters. The quantitative estimate of drug-likeness (QED) is 0.756. The zero-order chi connectivity index (χ0) is 15.6. The van der Waals surface area contributed by atoms with Crippen LogP contribution in [0.5, 0.6) is 5.75 Å². The van der Waals surface area contributed by atoms with Crippen LogP contribution in [0.2, 0.25) is 0 Å². The highest BCUT2D eigenvalue weighted by atomic mass is 16.5. The highest BCUT2D eigenvalue weighted by Gasteiger charge is 2.37. The summed E-state index contributed by atoms with van der Waals surface area (Å²) in [6.45, 7) is 1.62. The van der Waals surface area contributed by atoms with Gasteiger partial charge in [-0.2, -0.15) is 0 Å². The van der Waals surface area contributed by atoms with Gasteiger partial charge in [-0.25, -0.2) is 0 Å². The van der Waals surface area contributed by atoms with Gasteiger partial charge in [0.1, 0.15) is 5.75 Å². The molecule has 0 aliphatic heterocycles. The van der Waals surface area contributed by atoms with Crippen molar-refractivity contribution in [3.8, 4) is 5.75 Å². The number of hydrogen-bond acceptors (Lipinski definition) is 2. The molecule has 23 heavy (non-hydrogen) atoms.